The molecule has 48 valence electrons. The summed E-state index contributed by atoms with van der Waals surface area (Å²) in [6, 6.07) is 0. The van der Waals surface area contributed by atoms with Crippen LogP contribution in [0.25, 0.3) is 0 Å². The molecule has 0 unspecified atom stereocenters. The molecule has 8 heavy (non-hydrogen) atoms. The lowest BCUT2D eigenvalue weighted by Gasteiger charge is -1.99. The van der Waals surface area contributed by atoms with E-state index in [9.17, 15) is 4.39 Å². The lowest BCUT2D eigenvalue weighted by molar-refractivity contribution is 0.491. The SMILES string of the molecule is CCC(=S)NCCF. The second kappa shape index (κ2) is 4.97. The molecule has 0 heterocycles. The zero-order valence-corrected chi connectivity index (χ0v) is 5.72. The second-order valence-electron chi connectivity index (χ2n) is 1.39. The van der Waals surface area contributed by atoms with Crippen LogP contribution in [0.1, 0.15) is 13.3 Å². The topological polar surface area (TPSA) is 12.0 Å². The fourth-order valence-electron chi connectivity index (χ4n) is 0.312. The van der Waals surface area contributed by atoms with Gasteiger partial charge in [0, 0.05) is 6.54 Å². The Morgan fingerprint density at radius 2 is 2.38 bits per heavy atom. The van der Waals surface area contributed by atoms with Crippen molar-refractivity contribution in [2.75, 3.05) is 13.2 Å². The van der Waals surface area contributed by atoms with Gasteiger partial charge < -0.3 is 5.32 Å². The van der Waals surface area contributed by atoms with E-state index < -0.39 is 0 Å². The molecule has 0 aliphatic heterocycles. The summed E-state index contributed by atoms with van der Waals surface area (Å²) in [5.74, 6) is 0. The Morgan fingerprint density at radius 1 is 1.75 bits per heavy atom. The van der Waals surface area contributed by atoms with Gasteiger partial charge in [-0.3, -0.25) is 0 Å². The van der Waals surface area contributed by atoms with E-state index in [1.165, 1.54) is 0 Å². The third kappa shape index (κ3) is 3.99. The van der Waals surface area contributed by atoms with Gasteiger partial charge in [0.25, 0.3) is 0 Å². The maximum Gasteiger partial charge on any atom is 0.107 e. The number of alkyl halides is 1. The summed E-state index contributed by atoms with van der Waals surface area (Å²) in [4.78, 5) is 0.739. The standard InChI is InChI=1S/C5H10FNS/c1-2-5(8)7-4-3-6/h2-4H2,1H3,(H,7,8). The molecule has 0 spiro atoms. The Balaban J connectivity index is 2.99. The van der Waals surface area contributed by atoms with Gasteiger partial charge in [-0.1, -0.05) is 19.1 Å². The first-order valence-corrected chi connectivity index (χ1v) is 3.04. The lowest BCUT2D eigenvalue weighted by atomic mass is 10.5. The van der Waals surface area contributed by atoms with E-state index in [-0.39, 0.29) is 6.67 Å². The van der Waals surface area contributed by atoms with Crippen LogP contribution in [-0.2, 0) is 0 Å². The number of halogens is 1. The van der Waals surface area contributed by atoms with Gasteiger partial charge in [0.05, 0.1) is 4.99 Å². The van der Waals surface area contributed by atoms with E-state index in [2.05, 4.69) is 5.32 Å². The molecule has 0 aromatic heterocycles. The highest BCUT2D eigenvalue weighted by atomic mass is 32.1. The lowest BCUT2D eigenvalue weighted by Crippen LogP contribution is -2.22. The Kier molecular flexibility index (Phi) is 4.85. The Labute approximate surface area is 54.3 Å². The van der Waals surface area contributed by atoms with Crippen molar-refractivity contribution in [1.29, 1.82) is 0 Å². The summed E-state index contributed by atoms with van der Waals surface area (Å²) < 4.78 is 11.4. The van der Waals surface area contributed by atoms with Gasteiger partial charge >= 0.3 is 0 Å². The van der Waals surface area contributed by atoms with Gasteiger partial charge in [-0.2, -0.15) is 0 Å². The average Bonchev–Trinajstić information content (AvgIpc) is 1.83. The summed E-state index contributed by atoms with van der Waals surface area (Å²) >= 11 is 4.74. The molecule has 0 bridgehead atoms. The molecular weight excluding hydrogens is 125 g/mol. The Bertz CT molecular complexity index is 74.8. The van der Waals surface area contributed by atoms with E-state index in [4.69, 9.17) is 12.2 Å². The van der Waals surface area contributed by atoms with Crippen LogP contribution in [-0.4, -0.2) is 18.2 Å². The maximum atomic E-state index is 11.4. The van der Waals surface area contributed by atoms with Crippen molar-refractivity contribution >= 4 is 17.2 Å². The van der Waals surface area contributed by atoms with Crippen LogP contribution >= 0.6 is 12.2 Å². The van der Waals surface area contributed by atoms with Crippen LogP contribution in [0.15, 0.2) is 0 Å². The molecule has 1 N–H and O–H groups in total. The molecule has 3 heteroatoms. The van der Waals surface area contributed by atoms with E-state index in [1.54, 1.807) is 0 Å². The van der Waals surface area contributed by atoms with Gasteiger partial charge in [0.2, 0.25) is 0 Å². The van der Waals surface area contributed by atoms with Gasteiger partial charge in [0.15, 0.2) is 0 Å². The van der Waals surface area contributed by atoms with Gasteiger partial charge in [-0.05, 0) is 6.42 Å². The smallest absolute Gasteiger partial charge is 0.107 e. The maximum absolute atomic E-state index is 11.4. The van der Waals surface area contributed by atoms with Crippen molar-refractivity contribution in [3.8, 4) is 0 Å². The molecule has 0 saturated heterocycles. The molecule has 0 saturated carbocycles. The highest BCUT2D eigenvalue weighted by Crippen LogP contribution is 1.78. The summed E-state index contributed by atoms with van der Waals surface area (Å²) in [6.07, 6.45) is 0.801. The minimum Gasteiger partial charge on any atom is -0.377 e. The van der Waals surface area contributed by atoms with E-state index >= 15 is 0 Å². The van der Waals surface area contributed by atoms with Crippen LogP contribution in [0.3, 0.4) is 0 Å². The number of hydrogen-bond acceptors (Lipinski definition) is 1. The number of rotatable bonds is 3. The van der Waals surface area contributed by atoms with Crippen molar-refractivity contribution in [2.24, 2.45) is 0 Å². The molecule has 0 aliphatic carbocycles. The molecule has 1 nitrogen and oxygen atoms in total. The number of hydrogen-bond donors (Lipinski definition) is 1. The van der Waals surface area contributed by atoms with Gasteiger partial charge in [0.1, 0.15) is 6.67 Å². The predicted molar refractivity (Wildman–Crippen MR) is 36.9 cm³/mol. The van der Waals surface area contributed by atoms with Crippen molar-refractivity contribution < 1.29 is 4.39 Å². The molecule has 0 fully saturated rings. The van der Waals surface area contributed by atoms with Crippen LogP contribution < -0.4 is 5.32 Å². The summed E-state index contributed by atoms with van der Waals surface area (Å²) in [5.41, 5.74) is 0. The average molecular weight is 135 g/mol. The van der Waals surface area contributed by atoms with E-state index in [0.29, 0.717) is 6.54 Å². The van der Waals surface area contributed by atoms with Crippen LogP contribution in [0.5, 0.6) is 0 Å². The molecule has 0 aromatic carbocycles. The number of thiocarbonyl (C=S) groups is 1. The highest BCUT2D eigenvalue weighted by molar-refractivity contribution is 7.80. The van der Waals surface area contributed by atoms with Crippen molar-refractivity contribution in [3.05, 3.63) is 0 Å². The first kappa shape index (κ1) is 7.82. The van der Waals surface area contributed by atoms with Crippen LogP contribution in [0.2, 0.25) is 0 Å². The van der Waals surface area contributed by atoms with E-state index in [0.717, 1.165) is 11.4 Å². The van der Waals surface area contributed by atoms with Crippen molar-refractivity contribution in [1.82, 2.24) is 5.32 Å². The fraction of sp³-hybridized carbons (Fsp3) is 0.800. The zero-order valence-electron chi connectivity index (χ0n) is 4.91. The zero-order chi connectivity index (χ0) is 6.41. The second-order valence-corrected chi connectivity index (χ2v) is 1.89. The number of nitrogens with one attached hydrogen (secondary N) is 1. The first-order chi connectivity index (χ1) is 3.81. The molecule has 0 atom stereocenters. The minimum absolute atomic E-state index is 0.347. The Morgan fingerprint density at radius 3 is 2.75 bits per heavy atom. The molecule has 0 aliphatic rings. The van der Waals surface area contributed by atoms with Crippen molar-refractivity contribution in [2.45, 2.75) is 13.3 Å². The third-order valence-corrected chi connectivity index (χ3v) is 1.17. The first-order valence-electron chi connectivity index (χ1n) is 2.64. The Hall–Kier alpha value is -0.180. The monoisotopic (exact) mass is 135 g/mol. The predicted octanol–water partition coefficient (Wildman–Crippen LogP) is 1.28. The molecule has 0 rings (SSSR count). The largest absolute Gasteiger partial charge is 0.377 e. The highest BCUT2D eigenvalue weighted by Gasteiger charge is 1.87. The molecule has 0 radical (unpaired) electrons. The summed E-state index contributed by atoms with van der Waals surface area (Å²) in [6.45, 7) is 1.94. The van der Waals surface area contributed by atoms with Crippen LogP contribution in [0.4, 0.5) is 4.39 Å². The molecular formula is C5H10FNS. The van der Waals surface area contributed by atoms with E-state index in [1.807, 2.05) is 6.92 Å². The summed E-state index contributed by atoms with van der Waals surface area (Å²) in [5, 5.41) is 2.74. The molecule has 0 aromatic rings. The fourth-order valence-corrected chi connectivity index (χ4v) is 0.414. The normalized spacial score (nSPS) is 8.75. The quantitative estimate of drug-likeness (QED) is 0.585. The van der Waals surface area contributed by atoms with Crippen molar-refractivity contribution in [3.63, 3.8) is 0 Å². The minimum atomic E-state index is -0.347. The molecule has 0 amide bonds. The summed E-state index contributed by atoms with van der Waals surface area (Å²) in [7, 11) is 0. The van der Waals surface area contributed by atoms with Crippen LogP contribution in [0, 0.1) is 0 Å². The third-order valence-electron chi connectivity index (χ3n) is 0.738. The van der Waals surface area contributed by atoms with Gasteiger partial charge in [-0.15, -0.1) is 0 Å². The van der Waals surface area contributed by atoms with Gasteiger partial charge in [-0.25, -0.2) is 4.39 Å².